The minimum Gasteiger partial charge on any atom is -0.508 e. The van der Waals surface area contributed by atoms with Gasteiger partial charge in [0.25, 0.3) is 6.43 Å². The van der Waals surface area contributed by atoms with Gasteiger partial charge in [-0.2, -0.15) is 4.37 Å². The maximum Gasteiger partial charge on any atom is 0.260 e. The number of aromatic nitrogens is 1. The van der Waals surface area contributed by atoms with E-state index in [-0.39, 0.29) is 41.5 Å². The highest BCUT2D eigenvalue weighted by Crippen LogP contribution is 2.44. The van der Waals surface area contributed by atoms with Crippen molar-refractivity contribution in [2.24, 2.45) is 0 Å². The lowest BCUT2D eigenvalue weighted by atomic mass is 9.96. The third-order valence-corrected chi connectivity index (χ3v) is 7.42. The van der Waals surface area contributed by atoms with Gasteiger partial charge in [0.1, 0.15) is 22.3 Å². The van der Waals surface area contributed by atoms with Crippen LogP contribution in [0.25, 0.3) is 32.8 Å². The SMILES string of the molecule is C=CC(=O)N1CCN(c2snc3c(F)c(-c4cc(O)cc5ccccc45)c(Cl)cc23)[C@H](C(F)F)C1. The van der Waals surface area contributed by atoms with Crippen LogP contribution in [0.15, 0.2) is 55.1 Å². The quantitative estimate of drug-likeness (QED) is 0.333. The lowest BCUT2D eigenvalue weighted by Crippen LogP contribution is -2.57. The van der Waals surface area contributed by atoms with Gasteiger partial charge in [0.05, 0.1) is 5.02 Å². The summed E-state index contributed by atoms with van der Waals surface area (Å²) in [4.78, 5) is 14.8. The Balaban J connectivity index is 1.63. The second-order valence-corrected chi connectivity index (χ2v) is 9.39. The van der Waals surface area contributed by atoms with Crippen LogP contribution in [0.1, 0.15) is 0 Å². The smallest absolute Gasteiger partial charge is 0.260 e. The summed E-state index contributed by atoms with van der Waals surface area (Å²) in [5.74, 6) is -1.15. The van der Waals surface area contributed by atoms with E-state index in [1.54, 1.807) is 30.3 Å². The molecule has 4 aromatic rings. The van der Waals surface area contributed by atoms with Gasteiger partial charge >= 0.3 is 0 Å². The monoisotopic (exact) mass is 517 g/mol. The van der Waals surface area contributed by atoms with Gasteiger partial charge in [-0.3, -0.25) is 4.79 Å². The summed E-state index contributed by atoms with van der Waals surface area (Å²) >= 11 is 7.48. The number of hydrogen-bond donors (Lipinski definition) is 1. The molecule has 180 valence electrons. The molecule has 1 N–H and O–H groups in total. The number of benzene rings is 3. The zero-order valence-electron chi connectivity index (χ0n) is 18.2. The van der Waals surface area contributed by atoms with Gasteiger partial charge in [0.15, 0.2) is 5.82 Å². The first-order valence-corrected chi connectivity index (χ1v) is 11.9. The van der Waals surface area contributed by atoms with Crippen LogP contribution in [0.3, 0.4) is 0 Å². The Kier molecular flexibility index (Phi) is 6.06. The molecule has 10 heteroatoms. The minimum absolute atomic E-state index is 0.00874. The molecule has 0 radical (unpaired) electrons. The molecule has 0 saturated carbocycles. The topological polar surface area (TPSA) is 56.7 Å². The molecule has 0 spiro atoms. The van der Waals surface area contributed by atoms with Crippen molar-refractivity contribution in [3.8, 4) is 16.9 Å². The standard InChI is InChI=1S/C25H19ClF3N3O2S/c1-2-20(34)31-7-8-32(19(12-31)24(28)29)25-17-11-18(26)21(22(27)23(17)30-35-25)16-10-14(33)9-13-5-3-4-6-15(13)16/h2-6,9-11,19,24,33H,1,7-8,12H2/t19-/m0/s1. The van der Waals surface area contributed by atoms with Crippen LogP contribution in [0, 0.1) is 5.82 Å². The third-order valence-electron chi connectivity index (χ3n) is 6.22. The van der Waals surface area contributed by atoms with Crippen LogP contribution in [0.2, 0.25) is 5.02 Å². The molecule has 1 aromatic heterocycles. The van der Waals surface area contributed by atoms with E-state index in [2.05, 4.69) is 11.0 Å². The van der Waals surface area contributed by atoms with E-state index in [4.69, 9.17) is 11.6 Å². The molecule has 2 heterocycles. The number of carbonyl (C=O) groups is 1. The number of alkyl halides is 2. The molecule has 35 heavy (non-hydrogen) atoms. The highest BCUT2D eigenvalue weighted by molar-refractivity contribution is 7.11. The van der Waals surface area contributed by atoms with Crippen LogP contribution >= 0.6 is 23.1 Å². The van der Waals surface area contributed by atoms with Crippen molar-refractivity contribution in [1.82, 2.24) is 9.27 Å². The number of anilines is 1. The van der Waals surface area contributed by atoms with Gasteiger partial charge in [-0.05, 0) is 52.1 Å². The first-order valence-electron chi connectivity index (χ1n) is 10.8. The molecule has 0 bridgehead atoms. The number of phenolic OH excluding ortho intramolecular Hbond substituents is 1. The molecule has 0 unspecified atom stereocenters. The summed E-state index contributed by atoms with van der Waals surface area (Å²) in [6.45, 7) is 3.58. The van der Waals surface area contributed by atoms with E-state index in [1.807, 2.05) is 0 Å². The average molecular weight is 518 g/mol. The second-order valence-electron chi connectivity index (χ2n) is 8.23. The van der Waals surface area contributed by atoms with Gasteiger partial charge in [0, 0.05) is 30.6 Å². The van der Waals surface area contributed by atoms with Gasteiger partial charge in [0.2, 0.25) is 5.91 Å². The van der Waals surface area contributed by atoms with Crippen molar-refractivity contribution in [3.05, 3.63) is 66.0 Å². The van der Waals surface area contributed by atoms with Crippen LogP contribution < -0.4 is 4.90 Å². The highest BCUT2D eigenvalue weighted by Gasteiger charge is 2.37. The maximum atomic E-state index is 15.9. The highest BCUT2D eigenvalue weighted by atomic mass is 35.5. The molecule has 1 aliphatic heterocycles. The van der Waals surface area contributed by atoms with Gasteiger partial charge in [-0.15, -0.1) is 0 Å². The maximum absolute atomic E-state index is 15.9. The predicted octanol–water partition coefficient (Wildman–Crippen LogP) is 6.08. The van der Waals surface area contributed by atoms with E-state index in [9.17, 15) is 18.7 Å². The van der Waals surface area contributed by atoms with Crippen LogP contribution in [-0.4, -0.2) is 52.4 Å². The first kappa shape index (κ1) is 23.4. The number of aromatic hydroxyl groups is 1. The van der Waals surface area contributed by atoms with E-state index in [0.717, 1.165) is 17.6 Å². The number of fused-ring (bicyclic) bond motifs is 2. The van der Waals surface area contributed by atoms with E-state index in [0.29, 0.717) is 26.7 Å². The second kappa shape index (κ2) is 9.05. The Bertz CT molecular complexity index is 1480. The van der Waals surface area contributed by atoms with Gasteiger partial charge in [-0.1, -0.05) is 42.4 Å². The van der Waals surface area contributed by atoms with Gasteiger partial charge < -0.3 is 14.9 Å². The fourth-order valence-corrected chi connectivity index (χ4v) is 5.80. The molecule has 5 nitrogen and oxygen atoms in total. The van der Waals surface area contributed by atoms with E-state index < -0.39 is 24.2 Å². The fraction of sp³-hybridized carbons (Fsp3) is 0.200. The number of hydrogen-bond acceptors (Lipinski definition) is 5. The summed E-state index contributed by atoms with van der Waals surface area (Å²) in [7, 11) is 0. The van der Waals surface area contributed by atoms with Crippen molar-refractivity contribution in [2.45, 2.75) is 12.5 Å². The minimum atomic E-state index is -2.74. The van der Waals surface area contributed by atoms with Crippen molar-refractivity contribution >= 4 is 55.7 Å². The number of nitrogens with zero attached hydrogens (tertiary/aromatic N) is 3. The molecular formula is C25H19ClF3N3O2S. The van der Waals surface area contributed by atoms with Crippen molar-refractivity contribution in [2.75, 3.05) is 24.5 Å². The lowest BCUT2D eigenvalue weighted by Gasteiger charge is -2.41. The van der Waals surface area contributed by atoms with Crippen molar-refractivity contribution in [3.63, 3.8) is 0 Å². The summed E-state index contributed by atoms with van der Waals surface area (Å²) in [5, 5.41) is 12.4. The Labute approximate surface area is 207 Å². The summed E-state index contributed by atoms with van der Waals surface area (Å²) < 4.78 is 48.1. The predicted molar refractivity (Wildman–Crippen MR) is 133 cm³/mol. The first-order chi connectivity index (χ1) is 16.8. The Hall–Kier alpha value is -3.30. The third kappa shape index (κ3) is 3.98. The number of phenols is 1. The summed E-state index contributed by atoms with van der Waals surface area (Å²) in [6, 6.07) is 10.5. The van der Waals surface area contributed by atoms with Crippen LogP contribution in [-0.2, 0) is 4.79 Å². The van der Waals surface area contributed by atoms with Crippen molar-refractivity contribution < 1.29 is 23.1 Å². The molecule has 1 amide bonds. The molecule has 3 aromatic carbocycles. The van der Waals surface area contributed by atoms with E-state index >= 15 is 4.39 Å². The number of halogens is 4. The van der Waals surface area contributed by atoms with E-state index in [1.165, 1.54) is 21.9 Å². The lowest BCUT2D eigenvalue weighted by molar-refractivity contribution is -0.127. The zero-order valence-corrected chi connectivity index (χ0v) is 19.8. The van der Waals surface area contributed by atoms with Crippen LogP contribution in [0.4, 0.5) is 18.2 Å². The number of rotatable bonds is 4. The molecule has 1 aliphatic rings. The molecule has 5 rings (SSSR count). The number of amides is 1. The fourth-order valence-electron chi connectivity index (χ4n) is 4.56. The number of piperazine rings is 1. The Morgan fingerprint density at radius 2 is 2.00 bits per heavy atom. The number of carbonyl (C=O) groups excluding carboxylic acids is 1. The molecule has 0 aliphatic carbocycles. The largest absolute Gasteiger partial charge is 0.508 e. The van der Waals surface area contributed by atoms with Gasteiger partial charge in [-0.25, -0.2) is 13.2 Å². The normalized spacial score (nSPS) is 16.4. The molecule has 1 atom stereocenters. The zero-order chi connectivity index (χ0) is 24.9. The Morgan fingerprint density at radius 3 is 2.74 bits per heavy atom. The Morgan fingerprint density at radius 1 is 1.23 bits per heavy atom. The van der Waals surface area contributed by atoms with Crippen molar-refractivity contribution in [1.29, 1.82) is 0 Å². The molecule has 1 fully saturated rings. The molecular weight excluding hydrogens is 499 g/mol. The molecule has 1 saturated heterocycles. The average Bonchev–Trinajstić information content (AvgIpc) is 3.26. The summed E-state index contributed by atoms with van der Waals surface area (Å²) in [6.07, 6.45) is -1.65. The summed E-state index contributed by atoms with van der Waals surface area (Å²) in [5.41, 5.74) is 0.492. The van der Waals surface area contributed by atoms with Crippen LogP contribution in [0.5, 0.6) is 5.75 Å².